The third kappa shape index (κ3) is 3.05. The molecule has 0 spiro atoms. The smallest absolute Gasteiger partial charge is 0.256 e. The molecule has 2 aromatic rings. The molecule has 0 atom stereocenters. The van der Waals surface area contributed by atoms with Crippen LogP contribution in [0.2, 0.25) is 0 Å². The normalized spacial score (nSPS) is 9.56. The van der Waals surface area contributed by atoms with Gasteiger partial charge in [0.1, 0.15) is 11.9 Å². The second-order valence-corrected chi connectivity index (χ2v) is 4.75. The van der Waals surface area contributed by atoms with Gasteiger partial charge in [0.25, 0.3) is 5.91 Å². The van der Waals surface area contributed by atoms with Crippen molar-refractivity contribution in [3.8, 4) is 6.07 Å². The minimum atomic E-state index is -0.219. The third-order valence-corrected chi connectivity index (χ3v) is 2.96. The average molecular weight is 349 g/mol. The standard InChI is InChI=1S/C13H8IN3O/c14-11-4-2-10(3-5-11)13(18)17-12-6-1-9(7-15)8-16-12/h1-6,8H,(H,16,17,18). The third-order valence-electron chi connectivity index (χ3n) is 2.24. The summed E-state index contributed by atoms with van der Waals surface area (Å²) in [4.78, 5) is 15.8. The van der Waals surface area contributed by atoms with E-state index in [2.05, 4.69) is 32.9 Å². The number of anilines is 1. The van der Waals surface area contributed by atoms with Crippen LogP contribution >= 0.6 is 22.6 Å². The maximum Gasteiger partial charge on any atom is 0.256 e. The summed E-state index contributed by atoms with van der Waals surface area (Å²) in [6.45, 7) is 0. The number of benzene rings is 1. The second kappa shape index (κ2) is 5.60. The van der Waals surface area contributed by atoms with E-state index >= 15 is 0 Å². The van der Waals surface area contributed by atoms with Gasteiger partial charge in [-0.15, -0.1) is 0 Å². The van der Waals surface area contributed by atoms with Gasteiger partial charge in [0.15, 0.2) is 0 Å². The lowest BCUT2D eigenvalue weighted by Crippen LogP contribution is -2.12. The van der Waals surface area contributed by atoms with Crippen LogP contribution in [0.25, 0.3) is 0 Å². The molecule has 0 bridgehead atoms. The number of nitriles is 1. The van der Waals surface area contributed by atoms with Gasteiger partial charge in [0.2, 0.25) is 0 Å². The Morgan fingerprint density at radius 3 is 2.50 bits per heavy atom. The van der Waals surface area contributed by atoms with Gasteiger partial charge in [-0.3, -0.25) is 4.79 Å². The summed E-state index contributed by atoms with van der Waals surface area (Å²) in [6, 6.07) is 12.4. The van der Waals surface area contributed by atoms with Crippen molar-refractivity contribution < 1.29 is 4.79 Å². The molecule has 5 heteroatoms. The van der Waals surface area contributed by atoms with Crippen molar-refractivity contribution in [2.45, 2.75) is 0 Å². The number of halogens is 1. The molecule has 1 N–H and O–H groups in total. The Labute approximate surface area is 118 Å². The highest BCUT2D eigenvalue weighted by Crippen LogP contribution is 2.10. The zero-order chi connectivity index (χ0) is 13.0. The first-order chi connectivity index (χ1) is 8.69. The Bertz CT molecular complexity index is 600. The van der Waals surface area contributed by atoms with Crippen LogP contribution in [0.5, 0.6) is 0 Å². The van der Waals surface area contributed by atoms with Crippen molar-refractivity contribution in [1.29, 1.82) is 5.26 Å². The molecule has 4 nitrogen and oxygen atoms in total. The van der Waals surface area contributed by atoms with Crippen molar-refractivity contribution in [2.24, 2.45) is 0 Å². The Kier molecular flexibility index (Phi) is 3.89. The summed E-state index contributed by atoms with van der Waals surface area (Å²) in [6.07, 6.45) is 1.42. The SMILES string of the molecule is N#Cc1ccc(NC(=O)c2ccc(I)cc2)nc1. The molecule has 1 amide bonds. The van der Waals surface area contributed by atoms with Crippen LogP contribution in [0.15, 0.2) is 42.6 Å². The van der Waals surface area contributed by atoms with Crippen molar-refractivity contribution >= 4 is 34.3 Å². The molecular formula is C13H8IN3O. The van der Waals surface area contributed by atoms with Crippen LogP contribution in [0.4, 0.5) is 5.82 Å². The number of nitrogens with zero attached hydrogens (tertiary/aromatic N) is 2. The van der Waals surface area contributed by atoms with Crippen LogP contribution in [0, 0.1) is 14.9 Å². The first-order valence-corrected chi connectivity index (χ1v) is 6.20. The molecule has 1 aromatic carbocycles. The molecule has 0 radical (unpaired) electrons. The molecule has 0 aliphatic heterocycles. The highest BCUT2D eigenvalue weighted by Gasteiger charge is 2.06. The number of aromatic nitrogens is 1. The van der Waals surface area contributed by atoms with Gasteiger partial charge in [-0.25, -0.2) is 4.98 Å². The molecule has 2 rings (SSSR count). The largest absolute Gasteiger partial charge is 0.307 e. The van der Waals surface area contributed by atoms with E-state index in [9.17, 15) is 4.79 Å². The summed E-state index contributed by atoms with van der Waals surface area (Å²) in [5.74, 6) is 0.209. The number of rotatable bonds is 2. The van der Waals surface area contributed by atoms with Crippen LogP contribution in [0.3, 0.4) is 0 Å². The number of hydrogen-bond donors (Lipinski definition) is 1. The Balaban J connectivity index is 2.11. The van der Waals surface area contributed by atoms with Gasteiger partial charge >= 0.3 is 0 Å². The Hall–Kier alpha value is -1.94. The number of pyridine rings is 1. The fourth-order valence-corrected chi connectivity index (χ4v) is 1.68. The quantitative estimate of drug-likeness (QED) is 0.848. The van der Waals surface area contributed by atoms with Gasteiger partial charge in [-0.1, -0.05) is 0 Å². The summed E-state index contributed by atoms with van der Waals surface area (Å²) in [7, 11) is 0. The fraction of sp³-hybridized carbons (Fsp3) is 0. The van der Waals surface area contributed by atoms with E-state index in [0.29, 0.717) is 16.9 Å². The molecule has 1 aromatic heterocycles. The molecule has 88 valence electrons. The summed E-state index contributed by atoms with van der Waals surface area (Å²) < 4.78 is 1.07. The molecule has 0 saturated carbocycles. The van der Waals surface area contributed by atoms with Gasteiger partial charge in [0, 0.05) is 15.3 Å². The zero-order valence-corrected chi connectivity index (χ0v) is 11.4. The van der Waals surface area contributed by atoms with E-state index < -0.39 is 0 Å². The Morgan fingerprint density at radius 1 is 1.22 bits per heavy atom. The monoisotopic (exact) mass is 349 g/mol. The Morgan fingerprint density at radius 2 is 1.94 bits per heavy atom. The van der Waals surface area contributed by atoms with Gasteiger partial charge in [0.05, 0.1) is 5.56 Å². The van der Waals surface area contributed by atoms with E-state index in [4.69, 9.17) is 5.26 Å². The number of nitrogens with one attached hydrogen (secondary N) is 1. The molecule has 0 fully saturated rings. The zero-order valence-electron chi connectivity index (χ0n) is 9.22. The van der Waals surface area contributed by atoms with Crippen LogP contribution in [-0.4, -0.2) is 10.9 Å². The maximum absolute atomic E-state index is 11.9. The van der Waals surface area contributed by atoms with Gasteiger partial charge in [-0.05, 0) is 59.0 Å². The summed E-state index contributed by atoms with van der Waals surface area (Å²) in [5.41, 5.74) is 1.03. The lowest BCUT2D eigenvalue weighted by Gasteiger charge is -2.04. The van der Waals surface area contributed by atoms with E-state index in [-0.39, 0.29) is 5.91 Å². The van der Waals surface area contributed by atoms with E-state index in [1.165, 1.54) is 6.20 Å². The topological polar surface area (TPSA) is 65.8 Å². The highest BCUT2D eigenvalue weighted by atomic mass is 127. The van der Waals surface area contributed by atoms with E-state index in [0.717, 1.165) is 3.57 Å². The van der Waals surface area contributed by atoms with E-state index in [1.54, 1.807) is 24.3 Å². The predicted octanol–water partition coefficient (Wildman–Crippen LogP) is 2.81. The minimum absolute atomic E-state index is 0.219. The van der Waals surface area contributed by atoms with Crippen molar-refractivity contribution in [3.63, 3.8) is 0 Å². The van der Waals surface area contributed by atoms with Crippen molar-refractivity contribution in [1.82, 2.24) is 4.98 Å². The molecule has 18 heavy (non-hydrogen) atoms. The molecule has 0 aliphatic rings. The molecular weight excluding hydrogens is 341 g/mol. The van der Waals surface area contributed by atoms with Crippen LogP contribution in [0.1, 0.15) is 15.9 Å². The minimum Gasteiger partial charge on any atom is -0.307 e. The van der Waals surface area contributed by atoms with E-state index in [1.807, 2.05) is 18.2 Å². The summed E-state index contributed by atoms with van der Waals surface area (Å²) in [5, 5.41) is 11.3. The van der Waals surface area contributed by atoms with Crippen LogP contribution < -0.4 is 5.32 Å². The maximum atomic E-state index is 11.9. The highest BCUT2D eigenvalue weighted by molar-refractivity contribution is 14.1. The fourth-order valence-electron chi connectivity index (χ4n) is 1.32. The second-order valence-electron chi connectivity index (χ2n) is 3.50. The molecule has 0 unspecified atom stereocenters. The number of carbonyl (C=O) groups is 1. The number of carbonyl (C=O) groups excluding carboxylic acids is 1. The molecule has 0 aliphatic carbocycles. The lowest BCUT2D eigenvalue weighted by atomic mass is 10.2. The number of amides is 1. The first kappa shape index (κ1) is 12.5. The molecule has 0 saturated heterocycles. The lowest BCUT2D eigenvalue weighted by molar-refractivity contribution is 0.102. The first-order valence-electron chi connectivity index (χ1n) is 5.12. The average Bonchev–Trinajstić information content (AvgIpc) is 2.40. The predicted molar refractivity (Wildman–Crippen MR) is 76.1 cm³/mol. The van der Waals surface area contributed by atoms with Crippen molar-refractivity contribution in [2.75, 3.05) is 5.32 Å². The van der Waals surface area contributed by atoms with Gasteiger partial charge < -0.3 is 5.32 Å². The van der Waals surface area contributed by atoms with Crippen LogP contribution in [-0.2, 0) is 0 Å². The molecule has 1 heterocycles. The summed E-state index contributed by atoms with van der Waals surface area (Å²) >= 11 is 2.18. The van der Waals surface area contributed by atoms with Crippen molar-refractivity contribution in [3.05, 3.63) is 57.3 Å². The number of hydrogen-bond acceptors (Lipinski definition) is 3. The van der Waals surface area contributed by atoms with Gasteiger partial charge in [-0.2, -0.15) is 5.26 Å².